The van der Waals surface area contributed by atoms with Crippen molar-refractivity contribution in [3.8, 4) is 0 Å². The number of morpholine rings is 2. The Morgan fingerprint density at radius 2 is 0.889 bits per heavy atom. The third-order valence-electron chi connectivity index (χ3n) is 6.98. The first-order valence-electron chi connectivity index (χ1n) is 14.1. The SMILES string of the molecule is CC(Cc1ccccc1)CN1C[C@@H](C)O[C@H](C)C1.CC(Cc1ccccc1)CN1C[C@H](C)O[C@@H](C)C1. The van der Waals surface area contributed by atoms with Gasteiger partial charge in [0, 0.05) is 39.3 Å². The van der Waals surface area contributed by atoms with Crippen LogP contribution in [0.25, 0.3) is 0 Å². The first-order valence-corrected chi connectivity index (χ1v) is 14.1. The van der Waals surface area contributed by atoms with Crippen LogP contribution in [-0.2, 0) is 22.3 Å². The Kier molecular flexibility index (Phi) is 11.9. The Labute approximate surface area is 221 Å². The smallest absolute Gasteiger partial charge is 0.0678 e. The number of hydrogen-bond donors (Lipinski definition) is 0. The molecule has 6 atom stereocenters. The van der Waals surface area contributed by atoms with E-state index in [-0.39, 0.29) is 0 Å². The van der Waals surface area contributed by atoms with Crippen LogP contribution in [0.4, 0.5) is 0 Å². The Hall–Kier alpha value is -1.72. The second-order valence-corrected chi connectivity index (χ2v) is 11.5. The van der Waals surface area contributed by atoms with Crippen LogP contribution in [0.1, 0.15) is 52.7 Å². The zero-order valence-electron chi connectivity index (χ0n) is 23.6. The van der Waals surface area contributed by atoms with Crippen LogP contribution in [0.5, 0.6) is 0 Å². The van der Waals surface area contributed by atoms with Crippen molar-refractivity contribution >= 4 is 0 Å². The van der Waals surface area contributed by atoms with Gasteiger partial charge in [-0.25, -0.2) is 0 Å². The summed E-state index contributed by atoms with van der Waals surface area (Å²) >= 11 is 0. The summed E-state index contributed by atoms with van der Waals surface area (Å²) in [5.74, 6) is 1.40. The molecule has 0 aliphatic carbocycles. The second kappa shape index (κ2) is 14.9. The van der Waals surface area contributed by atoms with Crippen LogP contribution in [0.15, 0.2) is 60.7 Å². The molecular formula is C32H50N2O2. The molecule has 2 aliphatic rings. The van der Waals surface area contributed by atoms with Crippen LogP contribution in [0.3, 0.4) is 0 Å². The molecule has 2 aromatic carbocycles. The van der Waals surface area contributed by atoms with Gasteiger partial charge in [-0.05, 0) is 63.5 Å². The summed E-state index contributed by atoms with van der Waals surface area (Å²) < 4.78 is 11.5. The van der Waals surface area contributed by atoms with Crippen molar-refractivity contribution in [3.63, 3.8) is 0 Å². The maximum absolute atomic E-state index is 5.77. The van der Waals surface area contributed by atoms with Gasteiger partial charge >= 0.3 is 0 Å². The molecule has 200 valence electrons. The third-order valence-corrected chi connectivity index (χ3v) is 6.98. The average molecular weight is 495 g/mol. The lowest BCUT2D eigenvalue weighted by molar-refractivity contribution is -0.0711. The van der Waals surface area contributed by atoms with E-state index in [1.807, 2.05) is 0 Å². The van der Waals surface area contributed by atoms with Crippen molar-refractivity contribution in [1.29, 1.82) is 0 Å². The Morgan fingerprint density at radius 3 is 1.19 bits per heavy atom. The summed E-state index contributed by atoms with van der Waals surface area (Å²) in [6, 6.07) is 21.6. The van der Waals surface area contributed by atoms with Crippen molar-refractivity contribution in [1.82, 2.24) is 9.80 Å². The predicted molar refractivity (Wildman–Crippen MR) is 152 cm³/mol. The summed E-state index contributed by atoms with van der Waals surface area (Å²) in [6.45, 7) is 20.0. The van der Waals surface area contributed by atoms with Crippen LogP contribution in [0, 0.1) is 11.8 Å². The minimum Gasteiger partial charge on any atom is -0.373 e. The fraction of sp³-hybridized carbons (Fsp3) is 0.625. The summed E-state index contributed by atoms with van der Waals surface area (Å²) in [7, 11) is 0. The molecule has 4 rings (SSSR count). The summed E-state index contributed by atoms with van der Waals surface area (Å²) in [5, 5.41) is 0. The first kappa shape index (κ1) is 28.8. The average Bonchev–Trinajstić information content (AvgIpc) is 2.79. The largest absolute Gasteiger partial charge is 0.373 e. The first-order chi connectivity index (χ1) is 17.3. The van der Waals surface area contributed by atoms with Crippen LogP contribution >= 0.6 is 0 Å². The number of rotatable bonds is 8. The van der Waals surface area contributed by atoms with E-state index in [0.717, 1.165) is 26.2 Å². The van der Waals surface area contributed by atoms with E-state index >= 15 is 0 Å². The van der Waals surface area contributed by atoms with Crippen molar-refractivity contribution in [2.75, 3.05) is 39.3 Å². The number of hydrogen-bond acceptors (Lipinski definition) is 4. The number of nitrogens with zero attached hydrogens (tertiary/aromatic N) is 2. The Balaban J connectivity index is 0.000000201. The number of ether oxygens (including phenoxy) is 2. The minimum atomic E-state index is 0.373. The highest BCUT2D eigenvalue weighted by Gasteiger charge is 2.24. The van der Waals surface area contributed by atoms with Crippen molar-refractivity contribution in [3.05, 3.63) is 71.8 Å². The highest BCUT2D eigenvalue weighted by molar-refractivity contribution is 5.16. The minimum absolute atomic E-state index is 0.373. The van der Waals surface area contributed by atoms with E-state index in [1.165, 1.54) is 37.1 Å². The molecule has 0 saturated carbocycles. The van der Waals surface area contributed by atoms with Crippen LogP contribution < -0.4 is 0 Å². The lowest BCUT2D eigenvalue weighted by Crippen LogP contribution is -2.47. The molecule has 4 nitrogen and oxygen atoms in total. The molecule has 2 aromatic rings. The van der Waals surface area contributed by atoms with Gasteiger partial charge in [0.2, 0.25) is 0 Å². The maximum atomic E-state index is 5.77. The molecule has 4 heteroatoms. The highest BCUT2D eigenvalue weighted by Crippen LogP contribution is 2.16. The van der Waals surface area contributed by atoms with Gasteiger partial charge in [0.05, 0.1) is 24.4 Å². The van der Waals surface area contributed by atoms with Gasteiger partial charge in [-0.3, -0.25) is 9.80 Å². The topological polar surface area (TPSA) is 24.9 Å². The van der Waals surface area contributed by atoms with Crippen LogP contribution in [0.2, 0.25) is 0 Å². The van der Waals surface area contributed by atoms with E-state index in [1.54, 1.807) is 0 Å². The van der Waals surface area contributed by atoms with Gasteiger partial charge < -0.3 is 9.47 Å². The van der Waals surface area contributed by atoms with E-state index in [0.29, 0.717) is 36.3 Å². The maximum Gasteiger partial charge on any atom is 0.0678 e. The van der Waals surface area contributed by atoms with Crippen molar-refractivity contribution in [2.24, 2.45) is 11.8 Å². The van der Waals surface area contributed by atoms with Gasteiger partial charge in [0.15, 0.2) is 0 Å². The molecule has 0 radical (unpaired) electrons. The summed E-state index contributed by atoms with van der Waals surface area (Å²) in [4.78, 5) is 5.10. The fourth-order valence-electron chi connectivity index (χ4n) is 5.91. The lowest BCUT2D eigenvalue weighted by atomic mass is 10.00. The molecule has 0 N–H and O–H groups in total. The van der Waals surface area contributed by atoms with Gasteiger partial charge in [0.25, 0.3) is 0 Å². The summed E-state index contributed by atoms with van der Waals surface area (Å²) in [6.07, 6.45) is 3.83. The molecule has 2 aliphatic heterocycles. The zero-order chi connectivity index (χ0) is 25.9. The zero-order valence-corrected chi connectivity index (χ0v) is 23.6. The number of benzene rings is 2. The van der Waals surface area contributed by atoms with Gasteiger partial charge in [0.1, 0.15) is 0 Å². The predicted octanol–water partition coefficient (Wildman–Crippen LogP) is 5.95. The Morgan fingerprint density at radius 1 is 0.583 bits per heavy atom. The standard InChI is InChI=1S/2C16H25NO/c2*1-13(9-16-7-5-4-6-8-16)10-17-11-14(2)18-15(3)12-17/h2*4-8,13-15H,9-12H2,1-3H3/t2*13?,14-,15-/m10/s1. The van der Waals surface area contributed by atoms with Crippen LogP contribution in [-0.4, -0.2) is 73.5 Å². The molecule has 2 unspecified atom stereocenters. The molecule has 0 spiro atoms. The fourth-order valence-corrected chi connectivity index (χ4v) is 5.91. The van der Waals surface area contributed by atoms with Gasteiger partial charge in [-0.2, -0.15) is 0 Å². The quantitative estimate of drug-likeness (QED) is 0.453. The molecule has 0 aromatic heterocycles. The third kappa shape index (κ3) is 10.7. The van der Waals surface area contributed by atoms with E-state index in [2.05, 4.69) is 112 Å². The molecule has 36 heavy (non-hydrogen) atoms. The highest BCUT2D eigenvalue weighted by atomic mass is 16.5. The summed E-state index contributed by atoms with van der Waals surface area (Å²) in [5.41, 5.74) is 2.89. The molecule has 2 fully saturated rings. The normalized spacial score (nSPS) is 27.1. The molecule has 0 amide bonds. The van der Waals surface area contributed by atoms with Crippen molar-refractivity contribution < 1.29 is 9.47 Å². The van der Waals surface area contributed by atoms with E-state index < -0.39 is 0 Å². The van der Waals surface area contributed by atoms with Gasteiger partial charge in [-0.15, -0.1) is 0 Å². The lowest BCUT2D eigenvalue weighted by Gasteiger charge is -2.36. The van der Waals surface area contributed by atoms with Gasteiger partial charge in [-0.1, -0.05) is 74.5 Å². The van der Waals surface area contributed by atoms with E-state index in [4.69, 9.17) is 9.47 Å². The molecule has 2 saturated heterocycles. The molecular weight excluding hydrogens is 444 g/mol. The Bertz CT molecular complexity index is 754. The second-order valence-electron chi connectivity index (χ2n) is 11.5. The van der Waals surface area contributed by atoms with E-state index in [9.17, 15) is 0 Å². The monoisotopic (exact) mass is 494 g/mol. The molecule has 0 bridgehead atoms. The molecule has 2 heterocycles. The van der Waals surface area contributed by atoms with Crippen molar-refractivity contribution in [2.45, 2.75) is 78.8 Å².